The van der Waals surface area contributed by atoms with Gasteiger partial charge in [-0.2, -0.15) is 5.10 Å². The van der Waals surface area contributed by atoms with Crippen molar-refractivity contribution in [1.82, 2.24) is 9.78 Å². The lowest BCUT2D eigenvalue weighted by atomic mass is 10.3. The SMILES string of the molecule is Cc1cn(-c2ccc(N)cc2)nc1C. The van der Waals surface area contributed by atoms with Crippen LogP contribution in [0, 0.1) is 13.8 Å². The standard InChI is InChI=1S/C11H13N3/c1-8-7-14(13-9(8)2)11-5-3-10(12)4-6-11/h3-7H,12H2,1-2H3. The van der Waals surface area contributed by atoms with Crippen molar-refractivity contribution in [3.63, 3.8) is 0 Å². The third-order valence-corrected chi connectivity index (χ3v) is 2.30. The smallest absolute Gasteiger partial charge is 0.0647 e. The second kappa shape index (κ2) is 3.18. The van der Waals surface area contributed by atoms with Crippen LogP contribution >= 0.6 is 0 Å². The van der Waals surface area contributed by atoms with Crippen LogP contribution < -0.4 is 5.73 Å². The minimum Gasteiger partial charge on any atom is -0.399 e. The monoisotopic (exact) mass is 187 g/mol. The van der Waals surface area contributed by atoms with Crippen molar-refractivity contribution in [3.8, 4) is 5.69 Å². The maximum atomic E-state index is 5.61. The van der Waals surface area contributed by atoms with Gasteiger partial charge in [0.25, 0.3) is 0 Å². The topological polar surface area (TPSA) is 43.8 Å². The van der Waals surface area contributed by atoms with Crippen LogP contribution in [0.25, 0.3) is 5.69 Å². The van der Waals surface area contributed by atoms with E-state index in [0.29, 0.717) is 0 Å². The number of nitrogens with two attached hydrogens (primary N) is 1. The predicted octanol–water partition coefficient (Wildman–Crippen LogP) is 2.07. The van der Waals surface area contributed by atoms with Gasteiger partial charge in [0.2, 0.25) is 0 Å². The van der Waals surface area contributed by atoms with Crippen molar-refractivity contribution in [2.45, 2.75) is 13.8 Å². The Bertz CT molecular complexity index is 421. The van der Waals surface area contributed by atoms with Gasteiger partial charge >= 0.3 is 0 Å². The fraction of sp³-hybridized carbons (Fsp3) is 0.182. The Morgan fingerprint density at radius 1 is 1.14 bits per heavy atom. The first-order chi connectivity index (χ1) is 6.66. The molecular formula is C11H13N3. The quantitative estimate of drug-likeness (QED) is 0.694. The molecule has 0 atom stereocenters. The van der Waals surface area contributed by atoms with Crippen LogP contribution in [0.4, 0.5) is 5.69 Å². The van der Waals surface area contributed by atoms with Crippen LogP contribution in [0.3, 0.4) is 0 Å². The zero-order valence-corrected chi connectivity index (χ0v) is 8.36. The van der Waals surface area contributed by atoms with Crippen LogP contribution in [-0.2, 0) is 0 Å². The average molecular weight is 187 g/mol. The van der Waals surface area contributed by atoms with Gasteiger partial charge in [0.05, 0.1) is 11.4 Å². The molecule has 3 heteroatoms. The summed E-state index contributed by atoms with van der Waals surface area (Å²) in [5.41, 5.74) is 9.67. The molecule has 1 aromatic heterocycles. The molecule has 2 aromatic rings. The highest BCUT2D eigenvalue weighted by atomic mass is 15.3. The van der Waals surface area contributed by atoms with Crippen LogP contribution in [0.1, 0.15) is 11.3 Å². The molecule has 0 aliphatic rings. The van der Waals surface area contributed by atoms with E-state index in [2.05, 4.69) is 12.0 Å². The molecule has 0 fully saturated rings. The van der Waals surface area contributed by atoms with Crippen molar-refractivity contribution in [1.29, 1.82) is 0 Å². The summed E-state index contributed by atoms with van der Waals surface area (Å²) in [6, 6.07) is 7.67. The molecule has 0 saturated heterocycles. The molecule has 0 bridgehead atoms. The zero-order chi connectivity index (χ0) is 10.1. The number of aryl methyl sites for hydroxylation is 2. The molecule has 2 N–H and O–H groups in total. The Kier molecular flexibility index (Phi) is 2.00. The number of hydrogen-bond acceptors (Lipinski definition) is 2. The van der Waals surface area contributed by atoms with Crippen LogP contribution in [0.15, 0.2) is 30.5 Å². The molecule has 1 heterocycles. The van der Waals surface area contributed by atoms with E-state index in [1.54, 1.807) is 0 Å². The van der Waals surface area contributed by atoms with Gasteiger partial charge in [-0.1, -0.05) is 0 Å². The highest BCUT2D eigenvalue weighted by molar-refractivity contribution is 5.44. The number of hydrogen-bond donors (Lipinski definition) is 1. The highest BCUT2D eigenvalue weighted by Crippen LogP contribution is 2.12. The van der Waals surface area contributed by atoms with E-state index < -0.39 is 0 Å². The predicted molar refractivity (Wildman–Crippen MR) is 57.5 cm³/mol. The first-order valence-corrected chi connectivity index (χ1v) is 4.55. The maximum absolute atomic E-state index is 5.61. The molecule has 2 rings (SSSR count). The number of nitrogen functional groups attached to an aromatic ring is 1. The first kappa shape index (κ1) is 8.81. The summed E-state index contributed by atoms with van der Waals surface area (Å²) in [5.74, 6) is 0. The van der Waals surface area contributed by atoms with Crippen molar-refractivity contribution >= 4 is 5.69 Å². The van der Waals surface area contributed by atoms with Gasteiger partial charge in [0.1, 0.15) is 0 Å². The van der Waals surface area contributed by atoms with E-state index in [9.17, 15) is 0 Å². The summed E-state index contributed by atoms with van der Waals surface area (Å²) in [6.45, 7) is 4.05. The Balaban J connectivity index is 2.44. The Labute approximate surface area is 83.2 Å². The van der Waals surface area contributed by atoms with Gasteiger partial charge in [0.15, 0.2) is 0 Å². The molecule has 0 saturated carbocycles. The van der Waals surface area contributed by atoms with Gasteiger partial charge in [-0.05, 0) is 43.7 Å². The molecule has 3 nitrogen and oxygen atoms in total. The molecule has 14 heavy (non-hydrogen) atoms. The van der Waals surface area contributed by atoms with Gasteiger partial charge in [-0.3, -0.25) is 0 Å². The molecule has 1 aromatic carbocycles. The lowest BCUT2D eigenvalue weighted by Gasteiger charge is -2.00. The van der Waals surface area contributed by atoms with Crippen molar-refractivity contribution in [2.24, 2.45) is 0 Å². The Morgan fingerprint density at radius 2 is 1.79 bits per heavy atom. The second-order valence-electron chi connectivity index (χ2n) is 3.43. The maximum Gasteiger partial charge on any atom is 0.0647 e. The summed E-state index contributed by atoms with van der Waals surface area (Å²) >= 11 is 0. The van der Waals surface area contributed by atoms with E-state index in [1.807, 2.05) is 42.1 Å². The van der Waals surface area contributed by atoms with Gasteiger partial charge in [-0.25, -0.2) is 4.68 Å². The van der Waals surface area contributed by atoms with Crippen molar-refractivity contribution < 1.29 is 0 Å². The first-order valence-electron chi connectivity index (χ1n) is 4.55. The third-order valence-electron chi connectivity index (χ3n) is 2.30. The molecule has 0 unspecified atom stereocenters. The fourth-order valence-electron chi connectivity index (χ4n) is 1.31. The van der Waals surface area contributed by atoms with Crippen molar-refractivity contribution in [2.75, 3.05) is 5.73 Å². The Morgan fingerprint density at radius 3 is 2.29 bits per heavy atom. The summed E-state index contributed by atoms with van der Waals surface area (Å²) in [7, 11) is 0. The van der Waals surface area contributed by atoms with Gasteiger partial charge in [-0.15, -0.1) is 0 Å². The molecule has 72 valence electrons. The van der Waals surface area contributed by atoms with E-state index in [4.69, 9.17) is 5.73 Å². The largest absolute Gasteiger partial charge is 0.399 e. The average Bonchev–Trinajstić information content (AvgIpc) is 2.48. The summed E-state index contributed by atoms with van der Waals surface area (Å²) in [4.78, 5) is 0. The lowest BCUT2D eigenvalue weighted by Crippen LogP contribution is -1.95. The lowest BCUT2D eigenvalue weighted by molar-refractivity contribution is 0.863. The molecule has 0 radical (unpaired) electrons. The van der Waals surface area contributed by atoms with Crippen LogP contribution in [-0.4, -0.2) is 9.78 Å². The second-order valence-corrected chi connectivity index (χ2v) is 3.43. The van der Waals surface area contributed by atoms with E-state index in [-0.39, 0.29) is 0 Å². The fourth-order valence-corrected chi connectivity index (χ4v) is 1.31. The number of anilines is 1. The van der Waals surface area contributed by atoms with Crippen molar-refractivity contribution in [3.05, 3.63) is 41.7 Å². The summed E-state index contributed by atoms with van der Waals surface area (Å²) < 4.78 is 1.87. The third kappa shape index (κ3) is 1.48. The summed E-state index contributed by atoms with van der Waals surface area (Å²) in [6.07, 6.45) is 2.01. The minimum absolute atomic E-state index is 0.773. The molecule has 0 aliphatic carbocycles. The molecular weight excluding hydrogens is 174 g/mol. The number of benzene rings is 1. The number of aromatic nitrogens is 2. The van der Waals surface area contributed by atoms with E-state index in [1.165, 1.54) is 5.56 Å². The normalized spacial score (nSPS) is 10.4. The van der Waals surface area contributed by atoms with Gasteiger partial charge < -0.3 is 5.73 Å². The highest BCUT2D eigenvalue weighted by Gasteiger charge is 2.01. The molecule has 0 aliphatic heterocycles. The van der Waals surface area contributed by atoms with E-state index in [0.717, 1.165) is 17.1 Å². The summed E-state index contributed by atoms with van der Waals surface area (Å²) in [5, 5.41) is 4.39. The molecule has 0 spiro atoms. The van der Waals surface area contributed by atoms with Crippen LogP contribution in [0.2, 0.25) is 0 Å². The number of rotatable bonds is 1. The minimum atomic E-state index is 0.773. The van der Waals surface area contributed by atoms with E-state index >= 15 is 0 Å². The van der Waals surface area contributed by atoms with Gasteiger partial charge in [0, 0.05) is 11.9 Å². The Hall–Kier alpha value is -1.77. The van der Waals surface area contributed by atoms with Crippen LogP contribution in [0.5, 0.6) is 0 Å². The molecule has 0 amide bonds. The zero-order valence-electron chi connectivity index (χ0n) is 8.36. The number of nitrogens with zero attached hydrogens (tertiary/aromatic N) is 2.